The molecule has 1 saturated heterocycles. The van der Waals surface area contributed by atoms with Crippen molar-refractivity contribution in [2.75, 3.05) is 39.5 Å². The Balaban J connectivity index is 1.72. The largest absolute Gasteiger partial charge is 0.381 e. The van der Waals surface area contributed by atoms with Gasteiger partial charge in [-0.15, -0.1) is 0 Å². The summed E-state index contributed by atoms with van der Waals surface area (Å²) in [7, 11) is -4.14. The maximum atomic E-state index is 13.5. The van der Waals surface area contributed by atoms with Crippen LogP contribution in [0.25, 0.3) is 10.9 Å². The molecule has 10 nitrogen and oxygen atoms in total. The van der Waals surface area contributed by atoms with Gasteiger partial charge >= 0.3 is 0 Å². The third-order valence-electron chi connectivity index (χ3n) is 5.09. The van der Waals surface area contributed by atoms with Crippen molar-refractivity contribution in [2.45, 2.75) is 31.3 Å². The lowest BCUT2D eigenvalue weighted by atomic mass is 10.2. The highest BCUT2D eigenvalue weighted by Gasteiger charge is 2.37. The first-order valence-electron chi connectivity index (χ1n) is 10.7. The highest BCUT2D eigenvalue weighted by atomic mass is 79.9. The Morgan fingerprint density at radius 3 is 2.85 bits per heavy atom. The Morgan fingerprint density at radius 1 is 1.39 bits per heavy atom. The molecule has 1 unspecified atom stereocenters. The Labute approximate surface area is 201 Å². The van der Waals surface area contributed by atoms with E-state index in [4.69, 9.17) is 15.2 Å². The van der Waals surface area contributed by atoms with Gasteiger partial charge in [0.25, 0.3) is 11.8 Å². The Kier molecular flexibility index (Phi) is 8.51. The number of fused-ring (bicyclic) bond motifs is 1. The van der Waals surface area contributed by atoms with Gasteiger partial charge in [-0.2, -0.15) is 4.31 Å². The van der Waals surface area contributed by atoms with Crippen molar-refractivity contribution in [3.63, 3.8) is 0 Å². The van der Waals surface area contributed by atoms with Crippen LogP contribution in [0.4, 0.5) is 0 Å². The number of aromatic amines is 1. The van der Waals surface area contributed by atoms with E-state index in [-0.39, 0.29) is 30.3 Å². The third kappa shape index (κ3) is 6.12. The van der Waals surface area contributed by atoms with Gasteiger partial charge in [0.05, 0.1) is 6.61 Å². The topological polar surface area (TPSA) is 144 Å². The Morgan fingerprint density at radius 2 is 2.15 bits per heavy atom. The van der Waals surface area contributed by atoms with Crippen LogP contribution in [-0.2, 0) is 24.3 Å². The Hall–Kier alpha value is -1.99. The summed E-state index contributed by atoms with van der Waals surface area (Å²) in [5.41, 5.74) is 5.73. The van der Waals surface area contributed by atoms with E-state index in [0.29, 0.717) is 47.5 Å². The first kappa shape index (κ1) is 25.6. The number of halogens is 1. The molecule has 4 N–H and O–H groups in total. The maximum Gasteiger partial charge on any atom is 0.266 e. The summed E-state index contributed by atoms with van der Waals surface area (Å²) in [5, 5.41) is 3.10. The molecule has 1 atom stereocenters. The fraction of sp³-hybridized carbons (Fsp3) is 0.524. The van der Waals surface area contributed by atoms with Crippen molar-refractivity contribution in [1.82, 2.24) is 14.6 Å². The van der Waals surface area contributed by atoms with E-state index in [9.17, 15) is 18.0 Å². The number of nitrogens with one attached hydrogen (secondary N) is 2. The number of rotatable bonds is 10. The van der Waals surface area contributed by atoms with Crippen LogP contribution in [0.2, 0.25) is 0 Å². The summed E-state index contributed by atoms with van der Waals surface area (Å²) >= 11 is 3.33. The van der Waals surface area contributed by atoms with E-state index in [1.807, 2.05) is 0 Å². The molecule has 33 heavy (non-hydrogen) atoms. The van der Waals surface area contributed by atoms with Gasteiger partial charge in [-0.05, 0) is 30.5 Å². The molecule has 182 valence electrons. The number of amides is 2. The van der Waals surface area contributed by atoms with Crippen LogP contribution in [0.1, 0.15) is 30.8 Å². The SMILES string of the molecule is CC(C)COCCCNC(=O)C1CN(S(=O)(=O)c2c(C(N)=O)[nH]c3ccc(Br)cc23)CCO1. The number of carbonyl (C=O) groups excluding carboxylic acids is 2. The number of aromatic nitrogens is 1. The van der Waals surface area contributed by atoms with E-state index >= 15 is 0 Å². The quantitative estimate of drug-likeness (QED) is 0.387. The maximum absolute atomic E-state index is 13.5. The number of nitrogens with two attached hydrogens (primary N) is 1. The molecular formula is C21H29BrN4O6S. The number of H-pyrrole nitrogens is 1. The van der Waals surface area contributed by atoms with Gasteiger partial charge in [0, 0.05) is 48.2 Å². The van der Waals surface area contributed by atoms with Crippen molar-refractivity contribution >= 4 is 48.7 Å². The zero-order chi connectivity index (χ0) is 24.2. The minimum Gasteiger partial charge on any atom is -0.381 e. The fourth-order valence-electron chi connectivity index (χ4n) is 3.53. The molecule has 1 aliphatic rings. The number of primary amides is 1. The van der Waals surface area contributed by atoms with Crippen molar-refractivity contribution < 1.29 is 27.5 Å². The second-order valence-electron chi connectivity index (χ2n) is 8.22. The van der Waals surface area contributed by atoms with Crippen LogP contribution in [-0.4, -0.2) is 75.1 Å². The molecule has 0 saturated carbocycles. The average molecular weight is 545 g/mol. The number of morpholine rings is 1. The molecule has 1 aromatic heterocycles. The highest BCUT2D eigenvalue weighted by Crippen LogP contribution is 2.32. The van der Waals surface area contributed by atoms with Gasteiger partial charge in [0.15, 0.2) is 0 Å². The van der Waals surface area contributed by atoms with Crippen molar-refractivity contribution in [1.29, 1.82) is 0 Å². The fourth-order valence-corrected chi connectivity index (χ4v) is 5.65. The van der Waals surface area contributed by atoms with Crippen molar-refractivity contribution in [3.05, 3.63) is 28.4 Å². The van der Waals surface area contributed by atoms with Crippen LogP contribution in [0.5, 0.6) is 0 Å². The average Bonchev–Trinajstić information content (AvgIpc) is 3.15. The molecule has 1 fully saturated rings. The molecule has 12 heteroatoms. The van der Waals surface area contributed by atoms with Crippen LogP contribution in [0.15, 0.2) is 27.6 Å². The molecule has 0 spiro atoms. The summed E-state index contributed by atoms with van der Waals surface area (Å²) < 4.78 is 39.9. The van der Waals surface area contributed by atoms with E-state index < -0.39 is 27.9 Å². The van der Waals surface area contributed by atoms with Crippen LogP contribution < -0.4 is 11.1 Å². The lowest BCUT2D eigenvalue weighted by molar-refractivity contribution is -0.136. The molecular weight excluding hydrogens is 516 g/mol. The molecule has 2 amide bonds. The van der Waals surface area contributed by atoms with E-state index in [1.54, 1.807) is 18.2 Å². The number of hydrogen-bond donors (Lipinski definition) is 3. The number of sulfonamides is 1. The van der Waals surface area contributed by atoms with Crippen molar-refractivity contribution in [2.24, 2.45) is 11.7 Å². The lowest BCUT2D eigenvalue weighted by Crippen LogP contribution is -2.51. The van der Waals surface area contributed by atoms with Gasteiger partial charge in [-0.25, -0.2) is 8.42 Å². The van der Waals surface area contributed by atoms with Crippen LogP contribution in [0.3, 0.4) is 0 Å². The minimum atomic E-state index is -4.14. The van der Waals surface area contributed by atoms with Gasteiger partial charge in [0.2, 0.25) is 10.0 Å². The zero-order valence-corrected chi connectivity index (χ0v) is 21.0. The standard InChI is InChI=1S/C21H29BrN4O6S/c1-13(2)12-31-8-3-6-24-21(28)17-11-26(7-9-32-17)33(29,30)19-15-10-14(22)4-5-16(15)25-18(19)20(23)27/h4-5,10,13,17,25H,3,6-9,11-12H2,1-2H3,(H2,23,27)(H,24,28). The summed E-state index contributed by atoms with van der Waals surface area (Å²) in [6.07, 6.45) is -0.321. The summed E-state index contributed by atoms with van der Waals surface area (Å²) in [4.78, 5) is 27.1. The van der Waals surface area contributed by atoms with E-state index in [0.717, 1.165) is 4.31 Å². The Bertz CT molecular complexity index is 1120. The molecule has 1 aromatic carbocycles. The number of hydrogen-bond acceptors (Lipinski definition) is 6. The first-order valence-corrected chi connectivity index (χ1v) is 12.9. The summed E-state index contributed by atoms with van der Waals surface area (Å²) in [6, 6.07) is 4.99. The lowest BCUT2D eigenvalue weighted by Gasteiger charge is -2.31. The normalized spacial score (nSPS) is 17.5. The van der Waals surface area contributed by atoms with Gasteiger partial charge in [0.1, 0.15) is 16.7 Å². The first-order chi connectivity index (χ1) is 15.6. The molecule has 2 aromatic rings. The third-order valence-corrected chi connectivity index (χ3v) is 7.54. The molecule has 0 aliphatic carbocycles. The number of ether oxygens (including phenoxy) is 2. The predicted molar refractivity (Wildman–Crippen MR) is 126 cm³/mol. The monoisotopic (exact) mass is 544 g/mol. The summed E-state index contributed by atoms with van der Waals surface area (Å²) in [6.45, 7) is 5.62. The zero-order valence-electron chi connectivity index (χ0n) is 18.6. The smallest absolute Gasteiger partial charge is 0.266 e. The second-order valence-corrected chi connectivity index (χ2v) is 11.0. The minimum absolute atomic E-state index is 0.0484. The van der Waals surface area contributed by atoms with Gasteiger partial charge in [-0.1, -0.05) is 29.8 Å². The van der Waals surface area contributed by atoms with E-state index in [1.165, 1.54) is 0 Å². The number of nitrogens with zero attached hydrogens (tertiary/aromatic N) is 1. The highest BCUT2D eigenvalue weighted by molar-refractivity contribution is 9.10. The molecule has 3 rings (SSSR count). The van der Waals surface area contributed by atoms with E-state index in [2.05, 4.69) is 40.1 Å². The van der Waals surface area contributed by atoms with Crippen LogP contribution in [0, 0.1) is 5.92 Å². The van der Waals surface area contributed by atoms with Crippen LogP contribution >= 0.6 is 15.9 Å². The molecule has 1 aliphatic heterocycles. The molecule has 0 radical (unpaired) electrons. The van der Waals surface area contributed by atoms with Gasteiger partial charge < -0.3 is 25.5 Å². The molecule has 2 heterocycles. The predicted octanol–water partition coefficient (Wildman–Crippen LogP) is 1.60. The second kappa shape index (κ2) is 11.0. The number of benzene rings is 1. The van der Waals surface area contributed by atoms with Crippen molar-refractivity contribution in [3.8, 4) is 0 Å². The van der Waals surface area contributed by atoms with Gasteiger partial charge in [-0.3, -0.25) is 9.59 Å². The number of carbonyl (C=O) groups is 2. The summed E-state index contributed by atoms with van der Waals surface area (Å²) in [5.74, 6) is -0.838. The molecule has 0 bridgehead atoms.